The van der Waals surface area contributed by atoms with Crippen LogP contribution in [-0.2, 0) is 13.7 Å². The molecule has 3 aromatic rings. The van der Waals surface area contributed by atoms with Crippen LogP contribution in [0.3, 0.4) is 0 Å². The lowest BCUT2D eigenvalue weighted by molar-refractivity contribution is 0.282. The molecule has 0 saturated heterocycles. The Morgan fingerprint density at radius 1 is 1.00 bits per heavy atom. The van der Waals surface area contributed by atoms with Gasteiger partial charge in [-0.05, 0) is 5.56 Å². The van der Waals surface area contributed by atoms with Crippen molar-refractivity contribution in [3.8, 4) is 22.8 Å². The van der Waals surface area contributed by atoms with Crippen molar-refractivity contribution in [2.45, 2.75) is 6.61 Å². The molecule has 0 bridgehead atoms. The normalized spacial score (nSPS) is 10.7. The van der Waals surface area contributed by atoms with Gasteiger partial charge in [-0.15, -0.1) is 0 Å². The Morgan fingerprint density at radius 3 is 2.45 bits per heavy atom. The van der Waals surface area contributed by atoms with E-state index in [1.54, 1.807) is 4.68 Å². The minimum atomic E-state index is -0.0188. The molecule has 0 unspecified atom stereocenters. The summed E-state index contributed by atoms with van der Waals surface area (Å²) >= 11 is 0. The second-order valence-corrected chi connectivity index (χ2v) is 4.56. The van der Waals surface area contributed by atoms with Crippen molar-refractivity contribution in [3.63, 3.8) is 0 Å². The lowest BCUT2D eigenvalue weighted by atomic mass is 10.1. The van der Waals surface area contributed by atoms with Gasteiger partial charge in [0.15, 0.2) is 11.6 Å². The predicted octanol–water partition coefficient (Wildman–Crippen LogP) is 2.64. The fourth-order valence-corrected chi connectivity index (χ4v) is 2.21. The lowest BCUT2D eigenvalue weighted by Gasteiger charge is -2.01. The van der Waals surface area contributed by atoms with E-state index in [0.29, 0.717) is 5.82 Å². The number of aliphatic hydroxyl groups is 1. The van der Waals surface area contributed by atoms with Gasteiger partial charge in [-0.25, -0.2) is 9.67 Å². The molecule has 1 heterocycles. The van der Waals surface area contributed by atoms with E-state index in [2.05, 4.69) is 10.1 Å². The molecule has 2 aromatic carbocycles. The van der Waals surface area contributed by atoms with Crippen molar-refractivity contribution in [1.29, 1.82) is 0 Å². The van der Waals surface area contributed by atoms with Gasteiger partial charge in [0.2, 0.25) is 0 Å². The number of aliphatic hydroxyl groups excluding tert-OH is 1. The van der Waals surface area contributed by atoms with Crippen molar-refractivity contribution in [1.82, 2.24) is 14.8 Å². The maximum Gasteiger partial charge on any atom is 0.182 e. The van der Waals surface area contributed by atoms with E-state index < -0.39 is 0 Å². The summed E-state index contributed by atoms with van der Waals surface area (Å²) in [6.07, 6.45) is 0. The third kappa shape index (κ3) is 2.21. The summed E-state index contributed by atoms with van der Waals surface area (Å²) in [5, 5.41) is 13.9. The largest absolute Gasteiger partial charge is 0.392 e. The number of aromatic nitrogens is 3. The smallest absolute Gasteiger partial charge is 0.182 e. The molecule has 0 atom stereocenters. The predicted molar refractivity (Wildman–Crippen MR) is 77.8 cm³/mol. The highest BCUT2D eigenvalue weighted by Gasteiger charge is 2.13. The van der Waals surface area contributed by atoms with Crippen LogP contribution in [0, 0.1) is 0 Å². The molecule has 3 rings (SSSR count). The fourth-order valence-electron chi connectivity index (χ4n) is 2.21. The van der Waals surface area contributed by atoms with Gasteiger partial charge in [0.25, 0.3) is 0 Å². The van der Waals surface area contributed by atoms with Crippen molar-refractivity contribution in [2.24, 2.45) is 7.05 Å². The van der Waals surface area contributed by atoms with E-state index in [-0.39, 0.29) is 6.61 Å². The molecule has 0 aliphatic heterocycles. The first-order chi connectivity index (χ1) is 9.79. The number of nitrogens with zero attached hydrogens (tertiary/aromatic N) is 3. The van der Waals surface area contributed by atoms with Crippen LogP contribution >= 0.6 is 0 Å². The molecule has 100 valence electrons. The van der Waals surface area contributed by atoms with Gasteiger partial charge in [-0.3, -0.25) is 0 Å². The monoisotopic (exact) mass is 265 g/mol. The van der Waals surface area contributed by atoms with E-state index in [1.807, 2.05) is 61.6 Å². The quantitative estimate of drug-likeness (QED) is 0.792. The molecule has 1 aromatic heterocycles. The van der Waals surface area contributed by atoms with E-state index in [4.69, 9.17) is 0 Å². The standard InChI is InChI=1S/C16H15N3O/c1-19-16(12-7-3-2-4-8-12)17-15(18-19)14-10-6-5-9-13(14)11-20/h2-10,20H,11H2,1H3. The summed E-state index contributed by atoms with van der Waals surface area (Å²) in [7, 11) is 1.88. The van der Waals surface area contributed by atoms with Gasteiger partial charge < -0.3 is 5.11 Å². The number of hydrogen-bond donors (Lipinski definition) is 1. The minimum Gasteiger partial charge on any atom is -0.392 e. The molecule has 0 saturated carbocycles. The van der Waals surface area contributed by atoms with Gasteiger partial charge in [0.1, 0.15) is 0 Å². The minimum absolute atomic E-state index is 0.0188. The van der Waals surface area contributed by atoms with E-state index in [1.165, 1.54) is 0 Å². The highest BCUT2D eigenvalue weighted by Crippen LogP contribution is 2.24. The molecule has 0 spiro atoms. The van der Waals surface area contributed by atoms with Crippen LogP contribution in [0.2, 0.25) is 0 Å². The van der Waals surface area contributed by atoms with Gasteiger partial charge in [0, 0.05) is 18.2 Å². The second kappa shape index (κ2) is 5.27. The zero-order valence-electron chi connectivity index (χ0n) is 11.2. The Morgan fingerprint density at radius 2 is 1.70 bits per heavy atom. The molecule has 0 fully saturated rings. The summed E-state index contributed by atoms with van der Waals surface area (Å²) in [4.78, 5) is 4.60. The first kappa shape index (κ1) is 12.6. The Labute approximate surface area is 117 Å². The van der Waals surface area contributed by atoms with Gasteiger partial charge in [0.05, 0.1) is 6.61 Å². The highest BCUT2D eigenvalue weighted by molar-refractivity contribution is 5.64. The van der Waals surface area contributed by atoms with Crippen LogP contribution < -0.4 is 0 Å². The number of rotatable bonds is 3. The number of hydrogen-bond acceptors (Lipinski definition) is 3. The maximum absolute atomic E-state index is 9.41. The van der Waals surface area contributed by atoms with Crippen LogP contribution in [0.1, 0.15) is 5.56 Å². The topological polar surface area (TPSA) is 50.9 Å². The molecule has 0 amide bonds. The third-order valence-electron chi connectivity index (χ3n) is 3.22. The van der Waals surface area contributed by atoms with Crippen LogP contribution in [0.15, 0.2) is 54.6 Å². The van der Waals surface area contributed by atoms with Gasteiger partial charge >= 0.3 is 0 Å². The zero-order valence-corrected chi connectivity index (χ0v) is 11.2. The Balaban J connectivity index is 2.09. The lowest BCUT2D eigenvalue weighted by Crippen LogP contribution is -1.94. The Hall–Kier alpha value is -2.46. The number of aryl methyl sites for hydroxylation is 1. The van der Waals surface area contributed by atoms with Crippen molar-refractivity contribution >= 4 is 0 Å². The van der Waals surface area contributed by atoms with Gasteiger partial charge in [-0.1, -0.05) is 54.6 Å². The molecule has 0 aliphatic rings. The zero-order chi connectivity index (χ0) is 13.9. The maximum atomic E-state index is 9.41. The average Bonchev–Trinajstić information content (AvgIpc) is 2.90. The van der Waals surface area contributed by atoms with Crippen molar-refractivity contribution in [2.75, 3.05) is 0 Å². The highest BCUT2D eigenvalue weighted by atomic mass is 16.3. The van der Waals surface area contributed by atoms with E-state index >= 15 is 0 Å². The summed E-state index contributed by atoms with van der Waals surface area (Å²) < 4.78 is 1.76. The summed E-state index contributed by atoms with van der Waals surface area (Å²) in [6, 6.07) is 17.6. The molecule has 4 nitrogen and oxygen atoms in total. The first-order valence-electron chi connectivity index (χ1n) is 6.45. The molecule has 1 N–H and O–H groups in total. The SMILES string of the molecule is Cn1nc(-c2ccccc2CO)nc1-c1ccccc1. The number of benzene rings is 2. The molecular formula is C16H15N3O. The van der Waals surface area contributed by atoms with E-state index in [9.17, 15) is 5.11 Å². The second-order valence-electron chi connectivity index (χ2n) is 4.56. The van der Waals surface area contributed by atoms with Crippen LogP contribution in [0.4, 0.5) is 0 Å². The molecule has 0 radical (unpaired) electrons. The van der Waals surface area contributed by atoms with Crippen molar-refractivity contribution < 1.29 is 5.11 Å². The fraction of sp³-hybridized carbons (Fsp3) is 0.125. The molecule has 20 heavy (non-hydrogen) atoms. The van der Waals surface area contributed by atoms with Crippen molar-refractivity contribution in [3.05, 3.63) is 60.2 Å². The van der Waals surface area contributed by atoms with E-state index in [0.717, 1.165) is 22.5 Å². The van der Waals surface area contributed by atoms with Crippen LogP contribution in [-0.4, -0.2) is 19.9 Å². The summed E-state index contributed by atoms with van der Waals surface area (Å²) in [5.74, 6) is 1.45. The first-order valence-corrected chi connectivity index (χ1v) is 6.45. The summed E-state index contributed by atoms with van der Waals surface area (Å²) in [6.45, 7) is -0.0188. The Kier molecular flexibility index (Phi) is 3.31. The average molecular weight is 265 g/mol. The summed E-state index contributed by atoms with van der Waals surface area (Å²) in [5.41, 5.74) is 2.72. The molecule has 0 aliphatic carbocycles. The van der Waals surface area contributed by atoms with Crippen LogP contribution in [0.25, 0.3) is 22.8 Å². The van der Waals surface area contributed by atoms with Crippen LogP contribution in [0.5, 0.6) is 0 Å². The van der Waals surface area contributed by atoms with Gasteiger partial charge in [-0.2, -0.15) is 5.10 Å². The molecular weight excluding hydrogens is 250 g/mol. The Bertz CT molecular complexity index is 720. The third-order valence-corrected chi connectivity index (χ3v) is 3.22. The molecule has 4 heteroatoms.